The van der Waals surface area contributed by atoms with Crippen LogP contribution in [0, 0.1) is 19.8 Å². The van der Waals surface area contributed by atoms with Gasteiger partial charge in [-0.25, -0.2) is 0 Å². The van der Waals surface area contributed by atoms with Gasteiger partial charge in [-0.15, -0.1) is 0 Å². The van der Waals surface area contributed by atoms with Crippen molar-refractivity contribution in [1.82, 2.24) is 0 Å². The summed E-state index contributed by atoms with van der Waals surface area (Å²) in [6, 6.07) is 12.2. The van der Waals surface area contributed by atoms with E-state index in [9.17, 15) is 19.2 Å². The lowest BCUT2D eigenvalue weighted by Gasteiger charge is -2.20. The Morgan fingerprint density at radius 2 is 1.84 bits per heavy atom. The Kier molecular flexibility index (Phi) is 6.53. The highest BCUT2D eigenvalue weighted by Crippen LogP contribution is 2.30. The number of anilines is 2. The molecule has 0 unspecified atom stereocenters. The monoisotopic (exact) mass is 422 g/mol. The summed E-state index contributed by atoms with van der Waals surface area (Å²) in [5, 5.41) is 2.64. The zero-order valence-electron chi connectivity index (χ0n) is 18.1. The maximum Gasteiger partial charge on any atom is 0.312 e. The molecule has 0 saturated carbocycles. The lowest BCUT2D eigenvalue weighted by molar-refractivity contribution is -0.157. The summed E-state index contributed by atoms with van der Waals surface area (Å²) in [5.41, 5.74) is 3.76. The van der Waals surface area contributed by atoms with E-state index in [1.54, 1.807) is 29.2 Å². The molecule has 0 aliphatic carbocycles. The lowest BCUT2D eigenvalue weighted by Crippen LogP contribution is -2.33. The highest BCUT2D eigenvalue weighted by atomic mass is 16.5. The highest BCUT2D eigenvalue weighted by Gasteiger charge is 2.37. The Morgan fingerprint density at radius 1 is 1.13 bits per heavy atom. The number of aryl methyl sites for hydroxylation is 1. The Labute approximate surface area is 181 Å². The Hall–Kier alpha value is -3.48. The van der Waals surface area contributed by atoms with Crippen LogP contribution in [0.4, 0.5) is 11.4 Å². The molecule has 1 aliphatic heterocycles. The van der Waals surface area contributed by atoms with Crippen LogP contribution in [0.15, 0.2) is 42.5 Å². The maximum atomic E-state index is 12.6. The van der Waals surface area contributed by atoms with Crippen LogP contribution in [0.25, 0.3) is 0 Å². The van der Waals surface area contributed by atoms with Crippen LogP contribution >= 0.6 is 0 Å². The molecule has 1 N–H and O–H groups in total. The van der Waals surface area contributed by atoms with E-state index in [0.29, 0.717) is 11.3 Å². The zero-order valence-corrected chi connectivity index (χ0v) is 18.1. The number of ether oxygens (including phenoxy) is 1. The number of benzene rings is 2. The van der Waals surface area contributed by atoms with Crippen molar-refractivity contribution in [2.75, 3.05) is 16.8 Å². The normalized spacial score (nSPS) is 16.7. The van der Waals surface area contributed by atoms with Crippen molar-refractivity contribution in [3.8, 4) is 0 Å². The third-order valence-corrected chi connectivity index (χ3v) is 5.52. The second-order valence-corrected chi connectivity index (χ2v) is 7.83. The molecule has 2 atom stereocenters. The number of ketones is 1. The van der Waals surface area contributed by atoms with Crippen molar-refractivity contribution in [3.05, 3.63) is 59.2 Å². The van der Waals surface area contributed by atoms with Crippen LogP contribution in [0.3, 0.4) is 0 Å². The molecule has 1 saturated heterocycles. The number of nitrogens with one attached hydrogen (secondary N) is 1. The fraction of sp³-hybridized carbons (Fsp3) is 0.333. The number of rotatable bonds is 6. The number of nitrogens with zero attached hydrogens (tertiary/aromatic N) is 1. The zero-order chi connectivity index (χ0) is 22.7. The van der Waals surface area contributed by atoms with Crippen LogP contribution < -0.4 is 10.2 Å². The predicted molar refractivity (Wildman–Crippen MR) is 117 cm³/mol. The second-order valence-electron chi connectivity index (χ2n) is 7.83. The van der Waals surface area contributed by atoms with Gasteiger partial charge in [0.2, 0.25) is 5.91 Å². The van der Waals surface area contributed by atoms with E-state index in [2.05, 4.69) is 5.32 Å². The standard InChI is InChI=1S/C24H26N2O5/c1-14-7-5-10-21(15(14)2)26-13-19(12-22(26)28)24(30)31-17(4)23(29)25-20-9-6-8-18(11-20)16(3)27/h5-11,17,19H,12-13H2,1-4H3,(H,25,29)/t17-,19-/m0/s1. The van der Waals surface area contributed by atoms with E-state index in [1.165, 1.54) is 13.8 Å². The van der Waals surface area contributed by atoms with Crippen molar-refractivity contribution in [2.24, 2.45) is 5.92 Å². The molecule has 0 spiro atoms. The lowest BCUT2D eigenvalue weighted by atomic mass is 10.1. The molecule has 3 rings (SSSR count). The Morgan fingerprint density at radius 3 is 2.55 bits per heavy atom. The average molecular weight is 422 g/mol. The van der Waals surface area contributed by atoms with Gasteiger partial charge in [-0.2, -0.15) is 0 Å². The van der Waals surface area contributed by atoms with Crippen molar-refractivity contribution in [3.63, 3.8) is 0 Å². The van der Waals surface area contributed by atoms with Crippen LogP contribution in [0.1, 0.15) is 41.8 Å². The summed E-state index contributed by atoms with van der Waals surface area (Å²) in [5.74, 6) is -1.99. The molecule has 1 fully saturated rings. The van der Waals surface area contributed by atoms with E-state index in [4.69, 9.17) is 4.74 Å². The van der Waals surface area contributed by atoms with Crippen LogP contribution in [0.2, 0.25) is 0 Å². The SMILES string of the molecule is CC(=O)c1cccc(NC(=O)[C@H](C)OC(=O)[C@H]2CC(=O)N(c3cccc(C)c3C)C2)c1. The molecule has 31 heavy (non-hydrogen) atoms. The van der Waals surface area contributed by atoms with Crippen molar-refractivity contribution < 1.29 is 23.9 Å². The first kappa shape index (κ1) is 22.2. The number of Topliss-reactive ketones (excluding diaryl/α,β-unsaturated/α-hetero) is 1. The molecule has 1 heterocycles. The minimum Gasteiger partial charge on any atom is -0.452 e. The van der Waals surface area contributed by atoms with Crippen LogP contribution in [-0.2, 0) is 19.1 Å². The van der Waals surface area contributed by atoms with E-state index in [0.717, 1.165) is 16.8 Å². The van der Waals surface area contributed by atoms with Gasteiger partial charge in [0.25, 0.3) is 5.91 Å². The topological polar surface area (TPSA) is 92.8 Å². The number of hydrogen-bond acceptors (Lipinski definition) is 5. The van der Waals surface area contributed by atoms with Crippen molar-refractivity contribution in [2.45, 2.75) is 40.2 Å². The molecule has 0 aromatic heterocycles. The van der Waals surface area contributed by atoms with Gasteiger partial charge >= 0.3 is 5.97 Å². The van der Waals surface area contributed by atoms with E-state index >= 15 is 0 Å². The number of carbonyl (C=O) groups is 4. The first-order valence-corrected chi connectivity index (χ1v) is 10.2. The summed E-state index contributed by atoms with van der Waals surface area (Å²) < 4.78 is 5.34. The first-order valence-electron chi connectivity index (χ1n) is 10.2. The van der Waals surface area contributed by atoms with Crippen molar-refractivity contribution in [1.29, 1.82) is 0 Å². The molecule has 162 valence electrons. The molecule has 7 heteroatoms. The fourth-order valence-corrected chi connectivity index (χ4v) is 3.51. The van der Waals surface area contributed by atoms with E-state index < -0.39 is 23.9 Å². The van der Waals surface area contributed by atoms with Gasteiger partial charge in [0, 0.05) is 29.9 Å². The van der Waals surface area contributed by atoms with E-state index in [-0.39, 0.29) is 24.7 Å². The molecule has 0 radical (unpaired) electrons. The summed E-state index contributed by atoms with van der Waals surface area (Å²) in [4.78, 5) is 50.6. The Bertz CT molecular complexity index is 1050. The number of esters is 1. The molecule has 0 bridgehead atoms. The van der Waals surface area contributed by atoms with Gasteiger partial charge in [-0.1, -0.05) is 24.3 Å². The summed E-state index contributed by atoms with van der Waals surface area (Å²) in [7, 11) is 0. The van der Waals surface area contributed by atoms with Gasteiger partial charge in [-0.05, 0) is 57.0 Å². The average Bonchev–Trinajstić information content (AvgIpc) is 3.11. The summed E-state index contributed by atoms with van der Waals surface area (Å²) in [6.45, 7) is 7.04. The van der Waals surface area contributed by atoms with E-state index in [1.807, 2.05) is 32.0 Å². The molecular formula is C24H26N2O5. The fourth-order valence-electron chi connectivity index (χ4n) is 3.51. The Balaban J connectivity index is 1.61. The minimum atomic E-state index is -1.04. The summed E-state index contributed by atoms with van der Waals surface area (Å²) >= 11 is 0. The minimum absolute atomic E-state index is 0.0429. The van der Waals surface area contributed by atoms with Crippen molar-refractivity contribution >= 4 is 34.9 Å². The number of amides is 2. The number of hydrogen-bond donors (Lipinski definition) is 1. The van der Waals surface area contributed by atoms with Gasteiger partial charge in [-0.3, -0.25) is 19.2 Å². The quantitative estimate of drug-likeness (QED) is 0.569. The van der Waals surface area contributed by atoms with Gasteiger partial charge in [0.1, 0.15) is 0 Å². The molecular weight excluding hydrogens is 396 g/mol. The third-order valence-electron chi connectivity index (χ3n) is 5.52. The molecule has 1 aliphatic rings. The third kappa shape index (κ3) is 4.99. The molecule has 2 aromatic rings. The number of carbonyl (C=O) groups excluding carboxylic acids is 4. The molecule has 2 amide bonds. The first-order chi connectivity index (χ1) is 14.7. The molecule has 2 aromatic carbocycles. The van der Waals surface area contributed by atoms with Gasteiger partial charge in [0.15, 0.2) is 11.9 Å². The van der Waals surface area contributed by atoms with Gasteiger partial charge < -0.3 is 15.0 Å². The predicted octanol–water partition coefficient (Wildman–Crippen LogP) is 3.43. The maximum absolute atomic E-state index is 12.6. The van der Waals surface area contributed by atoms with Gasteiger partial charge in [0.05, 0.1) is 5.92 Å². The summed E-state index contributed by atoms with van der Waals surface area (Å²) in [6.07, 6.45) is -1.00. The largest absolute Gasteiger partial charge is 0.452 e. The van der Waals surface area contributed by atoms with Crippen LogP contribution in [0.5, 0.6) is 0 Å². The molecule has 7 nitrogen and oxygen atoms in total. The van der Waals surface area contributed by atoms with Crippen LogP contribution in [-0.4, -0.2) is 36.2 Å². The second kappa shape index (κ2) is 9.12. The smallest absolute Gasteiger partial charge is 0.312 e. The highest BCUT2D eigenvalue weighted by molar-refractivity contribution is 6.01.